The van der Waals surface area contributed by atoms with Gasteiger partial charge in [-0.15, -0.1) is 0 Å². The van der Waals surface area contributed by atoms with Gasteiger partial charge in [-0.1, -0.05) is 42.5 Å². The second kappa shape index (κ2) is 5.47. The Hall–Kier alpha value is -1.91. The summed E-state index contributed by atoms with van der Waals surface area (Å²) in [6, 6.07) is 17.2. The monoisotopic (exact) mass is 299 g/mol. The second-order valence-electron chi connectivity index (χ2n) is 5.25. The fourth-order valence-corrected chi connectivity index (χ4v) is 3.44. The Bertz CT molecular complexity index is 793. The van der Waals surface area contributed by atoms with Crippen molar-refractivity contribution in [1.29, 1.82) is 0 Å². The van der Waals surface area contributed by atoms with Crippen LogP contribution in [0.4, 0.5) is 0 Å². The lowest BCUT2D eigenvalue weighted by atomic mass is 9.97. The maximum atomic E-state index is 11.5. The van der Waals surface area contributed by atoms with Crippen molar-refractivity contribution < 1.29 is 8.42 Å². The van der Waals surface area contributed by atoms with E-state index in [1.54, 1.807) is 12.1 Å². The summed E-state index contributed by atoms with van der Waals surface area (Å²) in [5.74, 6) is 0. The molecule has 3 nitrogen and oxygen atoms in total. The van der Waals surface area contributed by atoms with Crippen LogP contribution < -0.4 is 5.14 Å². The summed E-state index contributed by atoms with van der Waals surface area (Å²) < 4.78 is 23.0. The average molecular weight is 299 g/mol. The zero-order valence-electron chi connectivity index (χ0n) is 11.6. The topological polar surface area (TPSA) is 60.2 Å². The van der Waals surface area contributed by atoms with E-state index in [1.807, 2.05) is 24.3 Å². The largest absolute Gasteiger partial charge is 0.238 e. The van der Waals surface area contributed by atoms with E-state index >= 15 is 0 Å². The van der Waals surface area contributed by atoms with E-state index in [9.17, 15) is 8.42 Å². The molecule has 1 aliphatic rings. The molecular formula is C17H17NO2S. The van der Waals surface area contributed by atoms with Gasteiger partial charge in [0.25, 0.3) is 0 Å². The molecule has 0 radical (unpaired) electrons. The summed E-state index contributed by atoms with van der Waals surface area (Å²) >= 11 is 0. The van der Waals surface area contributed by atoms with Gasteiger partial charge in [-0.3, -0.25) is 0 Å². The highest BCUT2D eigenvalue weighted by Crippen LogP contribution is 2.39. The quantitative estimate of drug-likeness (QED) is 0.944. The van der Waals surface area contributed by atoms with Crippen LogP contribution in [0.2, 0.25) is 0 Å². The molecule has 0 spiro atoms. The smallest absolute Gasteiger partial charge is 0.225 e. The summed E-state index contributed by atoms with van der Waals surface area (Å²) in [6.45, 7) is 0. The summed E-state index contributed by atoms with van der Waals surface area (Å²) in [6.07, 6.45) is 3.09. The average Bonchev–Trinajstić information content (AvgIpc) is 2.97. The van der Waals surface area contributed by atoms with Gasteiger partial charge in [0.1, 0.15) is 0 Å². The van der Waals surface area contributed by atoms with Crippen molar-refractivity contribution in [2.45, 2.75) is 24.2 Å². The Labute approximate surface area is 125 Å². The molecule has 2 N–H and O–H groups in total. The van der Waals surface area contributed by atoms with Crippen molar-refractivity contribution in [3.05, 3.63) is 65.7 Å². The van der Waals surface area contributed by atoms with E-state index < -0.39 is 10.0 Å². The normalized spacial score (nSPS) is 15.5. The van der Waals surface area contributed by atoms with Crippen molar-refractivity contribution in [1.82, 2.24) is 0 Å². The van der Waals surface area contributed by atoms with Crippen LogP contribution in [0.3, 0.4) is 0 Å². The van der Waals surface area contributed by atoms with Gasteiger partial charge in [-0.2, -0.15) is 0 Å². The van der Waals surface area contributed by atoms with Crippen LogP contribution in [0.25, 0.3) is 11.1 Å². The molecule has 0 aliphatic heterocycles. The van der Waals surface area contributed by atoms with Gasteiger partial charge in [-0.25, -0.2) is 13.6 Å². The lowest BCUT2D eigenvalue weighted by molar-refractivity contribution is 0.598. The molecule has 0 unspecified atom stereocenters. The Balaban J connectivity index is 2.11. The molecule has 108 valence electrons. The van der Waals surface area contributed by atoms with Crippen LogP contribution in [0.15, 0.2) is 59.5 Å². The molecule has 1 aliphatic carbocycles. The van der Waals surface area contributed by atoms with E-state index in [2.05, 4.69) is 12.1 Å². The third kappa shape index (κ3) is 2.91. The summed E-state index contributed by atoms with van der Waals surface area (Å²) in [5, 5.41) is 5.23. The lowest BCUT2D eigenvalue weighted by Gasteiger charge is -2.09. The van der Waals surface area contributed by atoms with E-state index in [-0.39, 0.29) is 4.90 Å². The molecule has 2 aromatic carbocycles. The predicted octanol–water partition coefficient (Wildman–Crippen LogP) is 3.43. The number of primary sulfonamides is 1. The third-order valence-corrected chi connectivity index (χ3v) is 4.76. The van der Waals surface area contributed by atoms with Gasteiger partial charge in [0.15, 0.2) is 0 Å². The SMILES string of the molecule is NS(=O)(=O)c1cccc(C2=C(c3ccccc3)CCC2)c1. The first kappa shape index (κ1) is 14.0. The molecule has 0 saturated heterocycles. The van der Waals surface area contributed by atoms with E-state index in [1.165, 1.54) is 22.8 Å². The van der Waals surface area contributed by atoms with Crippen LogP contribution >= 0.6 is 0 Å². The Morgan fingerprint density at radius 3 is 2.10 bits per heavy atom. The lowest BCUT2D eigenvalue weighted by Crippen LogP contribution is -2.12. The van der Waals surface area contributed by atoms with Crippen LogP contribution in [0, 0.1) is 0 Å². The summed E-state index contributed by atoms with van der Waals surface area (Å²) in [7, 11) is -3.66. The van der Waals surface area contributed by atoms with Crippen molar-refractivity contribution in [3.63, 3.8) is 0 Å². The minimum absolute atomic E-state index is 0.173. The van der Waals surface area contributed by atoms with E-state index in [0.29, 0.717) is 0 Å². The van der Waals surface area contributed by atoms with Crippen molar-refractivity contribution in [2.24, 2.45) is 5.14 Å². The van der Waals surface area contributed by atoms with Crippen LogP contribution in [-0.2, 0) is 10.0 Å². The van der Waals surface area contributed by atoms with Crippen molar-refractivity contribution >= 4 is 21.2 Å². The molecule has 2 aromatic rings. The fourth-order valence-electron chi connectivity index (χ4n) is 2.88. The minimum atomic E-state index is -3.66. The summed E-state index contributed by atoms with van der Waals surface area (Å²) in [4.78, 5) is 0.173. The third-order valence-electron chi connectivity index (χ3n) is 3.85. The van der Waals surface area contributed by atoms with Gasteiger partial charge in [0.05, 0.1) is 4.90 Å². The number of benzene rings is 2. The molecule has 0 bridgehead atoms. The van der Waals surface area contributed by atoms with Crippen molar-refractivity contribution in [3.8, 4) is 0 Å². The zero-order chi connectivity index (χ0) is 14.9. The Morgan fingerprint density at radius 1 is 0.810 bits per heavy atom. The maximum Gasteiger partial charge on any atom is 0.238 e. The van der Waals surface area contributed by atoms with Crippen molar-refractivity contribution in [2.75, 3.05) is 0 Å². The molecule has 0 fully saturated rings. The molecule has 21 heavy (non-hydrogen) atoms. The van der Waals surface area contributed by atoms with Crippen LogP contribution in [-0.4, -0.2) is 8.42 Å². The van der Waals surface area contributed by atoms with Gasteiger partial charge < -0.3 is 0 Å². The molecule has 3 rings (SSSR count). The number of allylic oxidation sites excluding steroid dienone is 2. The summed E-state index contributed by atoms with van der Waals surface area (Å²) in [5.41, 5.74) is 4.71. The zero-order valence-corrected chi connectivity index (χ0v) is 12.4. The Morgan fingerprint density at radius 2 is 1.43 bits per heavy atom. The van der Waals surface area contributed by atoms with E-state index in [4.69, 9.17) is 5.14 Å². The Kier molecular flexibility index (Phi) is 3.66. The molecule has 0 atom stereocenters. The molecule has 4 heteroatoms. The highest BCUT2D eigenvalue weighted by molar-refractivity contribution is 7.89. The highest BCUT2D eigenvalue weighted by atomic mass is 32.2. The van der Waals surface area contributed by atoms with Gasteiger partial charge in [0.2, 0.25) is 10.0 Å². The van der Waals surface area contributed by atoms with Crippen LogP contribution in [0.5, 0.6) is 0 Å². The second-order valence-corrected chi connectivity index (χ2v) is 6.81. The molecular weight excluding hydrogens is 282 g/mol. The van der Waals surface area contributed by atoms with Crippen LogP contribution in [0.1, 0.15) is 30.4 Å². The number of nitrogens with two attached hydrogens (primary N) is 1. The molecule has 0 saturated carbocycles. The number of hydrogen-bond donors (Lipinski definition) is 1. The predicted molar refractivity (Wildman–Crippen MR) is 84.9 cm³/mol. The molecule has 0 amide bonds. The number of rotatable bonds is 3. The fraction of sp³-hybridized carbons (Fsp3) is 0.176. The first-order valence-corrected chi connectivity index (χ1v) is 8.51. The first-order chi connectivity index (χ1) is 10.1. The number of hydrogen-bond acceptors (Lipinski definition) is 2. The van der Waals surface area contributed by atoms with Gasteiger partial charge >= 0.3 is 0 Å². The van der Waals surface area contributed by atoms with Gasteiger partial charge in [-0.05, 0) is 53.7 Å². The maximum absolute atomic E-state index is 11.5. The molecule has 0 heterocycles. The minimum Gasteiger partial charge on any atom is -0.225 e. The standard InChI is InChI=1S/C17H17NO2S/c18-21(19,20)15-9-4-8-14(12-15)17-11-5-10-16(17)13-6-2-1-3-7-13/h1-4,6-9,12H,5,10-11H2,(H2,18,19,20). The molecule has 0 aromatic heterocycles. The van der Waals surface area contributed by atoms with Gasteiger partial charge in [0, 0.05) is 0 Å². The van der Waals surface area contributed by atoms with E-state index in [0.717, 1.165) is 24.8 Å². The highest BCUT2D eigenvalue weighted by Gasteiger charge is 2.18. The first-order valence-electron chi connectivity index (χ1n) is 6.96. The number of sulfonamides is 1.